The van der Waals surface area contributed by atoms with Crippen molar-refractivity contribution in [3.05, 3.63) is 0 Å². The van der Waals surface area contributed by atoms with Crippen molar-refractivity contribution >= 4 is 0 Å². The topological polar surface area (TPSA) is 58.9 Å². The second-order valence-corrected chi connectivity index (χ2v) is 5.75. The van der Waals surface area contributed by atoms with Crippen LogP contribution in [-0.2, 0) is 9.47 Å². The van der Waals surface area contributed by atoms with E-state index in [9.17, 15) is 10.2 Å². The summed E-state index contributed by atoms with van der Waals surface area (Å²) in [6.45, 7) is 3.61. The molecule has 0 amide bonds. The number of aliphatic hydroxyl groups is 2. The molecule has 4 nitrogen and oxygen atoms in total. The van der Waals surface area contributed by atoms with Gasteiger partial charge in [-0.3, -0.25) is 0 Å². The highest BCUT2D eigenvalue weighted by Gasteiger charge is 2.30. The summed E-state index contributed by atoms with van der Waals surface area (Å²) < 4.78 is 10.2. The van der Waals surface area contributed by atoms with Crippen molar-refractivity contribution in [2.75, 3.05) is 26.9 Å². The maximum absolute atomic E-state index is 10.0. The van der Waals surface area contributed by atoms with Crippen LogP contribution in [0.25, 0.3) is 0 Å². The van der Waals surface area contributed by atoms with Crippen molar-refractivity contribution in [1.82, 2.24) is 0 Å². The molecule has 4 unspecified atom stereocenters. The van der Waals surface area contributed by atoms with Gasteiger partial charge in [0.05, 0.1) is 32.0 Å². The van der Waals surface area contributed by atoms with Crippen molar-refractivity contribution in [2.24, 2.45) is 11.8 Å². The van der Waals surface area contributed by atoms with Gasteiger partial charge < -0.3 is 19.7 Å². The monoisotopic (exact) mass is 274 g/mol. The summed E-state index contributed by atoms with van der Waals surface area (Å²) in [6, 6.07) is 0. The number of hydrogen-bond acceptors (Lipinski definition) is 4. The van der Waals surface area contributed by atoms with Gasteiger partial charge in [0.25, 0.3) is 0 Å². The van der Waals surface area contributed by atoms with Crippen molar-refractivity contribution in [2.45, 2.75) is 57.7 Å². The average molecular weight is 274 g/mol. The van der Waals surface area contributed by atoms with E-state index >= 15 is 0 Å². The molecule has 4 heteroatoms. The Kier molecular flexibility index (Phi) is 8.62. The van der Waals surface area contributed by atoms with Gasteiger partial charge in [0.15, 0.2) is 0 Å². The predicted octanol–water partition coefficient (Wildman–Crippen LogP) is 1.98. The van der Waals surface area contributed by atoms with E-state index in [1.54, 1.807) is 7.11 Å². The molecular formula is C15H30O4. The second-order valence-electron chi connectivity index (χ2n) is 5.75. The van der Waals surface area contributed by atoms with Crippen LogP contribution in [0.1, 0.15) is 45.4 Å². The first-order chi connectivity index (χ1) is 9.17. The lowest BCUT2D eigenvalue weighted by atomic mass is 9.75. The van der Waals surface area contributed by atoms with Gasteiger partial charge in [0.1, 0.15) is 0 Å². The molecule has 0 radical (unpaired) electrons. The molecule has 1 aliphatic rings. The Morgan fingerprint density at radius 3 is 2.74 bits per heavy atom. The Morgan fingerprint density at radius 1 is 1.26 bits per heavy atom. The molecule has 0 aromatic rings. The van der Waals surface area contributed by atoms with Crippen molar-refractivity contribution in [3.63, 3.8) is 0 Å². The molecule has 1 fully saturated rings. The minimum absolute atomic E-state index is 0.228. The summed E-state index contributed by atoms with van der Waals surface area (Å²) in [6.07, 6.45) is 5.43. The molecule has 1 rings (SSSR count). The zero-order valence-electron chi connectivity index (χ0n) is 12.4. The predicted molar refractivity (Wildman–Crippen MR) is 75.1 cm³/mol. The SMILES string of the molecule is CCCC1CCC(O)C(CC(O)COCCOC)C1. The van der Waals surface area contributed by atoms with E-state index < -0.39 is 6.10 Å². The van der Waals surface area contributed by atoms with Crippen LogP contribution in [0.3, 0.4) is 0 Å². The van der Waals surface area contributed by atoms with Gasteiger partial charge in [-0.2, -0.15) is 0 Å². The van der Waals surface area contributed by atoms with E-state index in [1.165, 1.54) is 12.8 Å². The smallest absolute Gasteiger partial charge is 0.0777 e. The molecule has 114 valence electrons. The third-order valence-corrected chi connectivity index (χ3v) is 4.06. The lowest BCUT2D eigenvalue weighted by molar-refractivity contribution is -0.0230. The van der Waals surface area contributed by atoms with Crippen LogP contribution in [0.4, 0.5) is 0 Å². The van der Waals surface area contributed by atoms with Crippen LogP contribution in [-0.4, -0.2) is 49.4 Å². The van der Waals surface area contributed by atoms with E-state index in [-0.39, 0.29) is 12.0 Å². The Labute approximate surface area is 117 Å². The molecule has 19 heavy (non-hydrogen) atoms. The summed E-state index contributed by atoms with van der Waals surface area (Å²) in [5.74, 6) is 0.950. The summed E-state index contributed by atoms with van der Waals surface area (Å²) in [5.41, 5.74) is 0. The van der Waals surface area contributed by atoms with Crippen LogP contribution in [0.2, 0.25) is 0 Å². The van der Waals surface area contributed by atoms with E-state index in [0.29, 0.717) is 26.2 Å². The van der Waals surface area contributed by atoms with E-state index in [0.717, 1.165) is 25.2 Å². The van der Waals surface area contributed by atoms with E-state index in [1.807, 2.05) is 0 Å². The average Bonchev–Trinajstić information content (AvgIpc) is 2.39. The highest BCUT2D eigenvalue weighted by molar-refractivity contribution is 4.81. The molecule has 0 heterocycles. The van der Waals surface area contributed by atoms with Gasteiger partial charge in [0.2, 0.25) is 0 Å². The van der Waals surface area contributed by atoms with Crippen LogP contribution in [0.5, 0.6) is 0 Å². The lowest BCUT2D eigenvalue weighted by Crippen LogP contribution is -2.33. The first kappa shape index (κ1) is 16.9. The molecule has 0 aromatic carbocycles. The maximum Gasteiger partial charge on any atom is 0.0777 e. The third-order valence-electron chi connectivity index (χ3n) is 4.06. The lowest BCUT2D eigenvalue weighted by Gasteiger charge is -2.34. The summed E-state index contributed by atoms with van der Waals surface area (Å²) in [4.78, 5) is 0. The van der Waals surface area contributed by atoms with Crippen LogP contribution < -0.4 is 0 Å². The molecule has 1 saturated carbocycles. The minimum Gasteiger partial charge on any atom is -0.393 e. The molecule has 0 bridgehead atoms. The van der Waals surface area contributed by atoms with Gasteiger partial charge in [-0.25, -0.2) is 0 Å². The molecule has 0 aromatic heterocycles. The van der Waals surface area contributed by atoms with Gasteiger partial charge in [0, 0.05) is 7.11 Å². The first-order valence-electron chi connectivity index (χ1n) is 7.60. The Morgan fingerprint density at radius 2 is 2.05 bits per heavy atom. The van der Waals surface area contributed by atoms with Crippen molar-refractivity contribution in [3.8, 4) is 0 Å². The maximum atomic E-state index is 10.0. The fraction of sp³-hybridized carbons (Fsp3) is 1.00. The van der Waals surface area contributed by atoms with Gasteiger partial charge >= 0.3 is 0 Å². The van der Waals surface area contributed by atoms with Gasteiger partial charge in [-0.15, -0.1) is 0 Å². The summed E-state index contributed by atoms with van der Waals surface area (Å²) >= 11 is 0. The van der Waals surface area contributed by atoms with Crippen LogP contribution in [0.15, 0.2) is 0 Å². The highest BCUT2D eigenvalue weighted by Crippen LogP contribution is 2.34. The van der Waals surface area contributed by atoms with Gasteiger partial charge in [-0.05, 0) is 37.5 Å². The largest absolute Gasteiger partial charge is 0.393 e. The van der Waals surface area contributed by atoms with Crippen LogP contribution in [0, 0.1) is 11.8 Å². The molecule has 0 spiro atoms. The molecule has 2 N–H and O–H groups in total. The molecule has 4 atom stereocenters. The van der Waals surface area contributed by atoms with Crippen molar-refractivity contribution in [1.29, 1.82) is 0 Å². The highest BCUT2D eigenvalue weighted by atomic mass is 16.5. The molecule has 1 aliphatic carbocycles. The van der Waals surface area contributed by atoms with Crippen LogP contribution >= 0.6 is 0 Å². The standard InChI is InChI=1S/C15H30O4/c1-3-4-12-5-6-15(17)13(9-12)10-14(16)11-19-8-7-18-2/h12-17H,3-11H2,1-2H3. The zero-order chi connectivity index (χ0) is 14.1. The Balaban J connectivity index is 2.24. The fourth-order valence-electron chi connectivity index (χ4n) is 3.05. The number of aliphatic hydroxyl groups excluding tert-OH is 2. The molecule has 0 aliphatic heterocycles. The summed E-state index contributed by atoms with van der Waals surface area (Å²) in [7, 11) is 1.63. The zero-order valence-corrected chi connectivity index (χ0v) is 12.4. The fourth-order valence-corrected chi connectivity index (χ4v) is 3.05. The Hall–Kier alpha value is -0.160. The van der Waals surface area contributed by atoms with Gasteiger partial charge in [-0.1, -0.05) is 19.8 Å². The minimum atomic E-state index is -0.475. The first-order valence-corrected chi connectivity index (χ1v) is 7.60. The Bertz CT molecular complexity index is 222. The van der Waals surface area contributed by atoms with Crippen molar-refractivity contribution < 1.29 is 19.7 Å². The normalized spacial score (nSPS) is 29.4. The second kappa shape index (κ2) is 9.70. The molecule has 0 saturated heterocycles. The summed E-state index contributed by atoms with van der Waals surface area (Å²) in [5, 5.41) is 20.0. The number of rotatable bonds is 9. The van der Waals surface area contributed by atoms with E-state index in [4.69, 9.17) is 9.47 Å². The van der Waals surface area contributed by atoms with E-state index in [2.05, 4.69) is 6.92 Å². The molecular weight excluding hydrogens is 244 g/mol. The number of hydrogen-bond donors (Lipinski definition) is 2. The quantitative estimate of drug-likeness (QED) is 0.631. The number of ether oxygens (including phenoxy) is 2. The number of methoxy groups -OCH3 is 1. The third kappa shape index (κ3) is 6.70.